The van der Waals surface area contributed by atoms with E-state index in [2.05, 4.69) is 5.32 Å². The van der Waals surface area contributed by atoms with Crippen LogP contribution in [-0.4, -0.2) is 36.6 Å². The number of hydrogen-bond acceptors (Lipinski definition) is 3. The lowest BCUT2D eigenvalue weighted by Gasteiger charge is -2.18. The quantitative estimate of drug-likeness (QED) is 0.506. The van der Waals surface area contributed by atoms with E-state index in [0.717, 1.165) is 19.8 Å². The zero-order chi connectivity index (χ0) is 7.56. The lowest BCUT2D eigenvalue weighted by atomic mass is 10.3. The highest BCUT2D eigenvalue weighted by molar-refractivity contribution is 5.79. The van der Waals surface area contributed by atoms with Crippen LogP contribution in [-0.2, 0) is 4.79 Å². The van der Waals surface area contributed by atoms with Crippen molar-refractivity contribution < 1.29 is 4.79 Å². The molecule has 0 saturated carbocycles. The molecule has 0 aromatic rings. The Morgan fingerprint density at radius 3 is 2.90 bits per heavy atom. The van der Waals surface area contributed by atoms with Crippen molar-refractivity contribution in [3.05, 3.63) is 0 Å². The second kappa shape index (κ2) is 2.98. The van der Waals surface area contributed by atoms with Gasteiger partial charge in [0.15, 0.2) is 0 Å². The SMILES string of the molecule is CC(C(N)=O)N1CCNC1. The van der Waals surface area contributed by atoms with Crippen LogP contribution in [0, 0.1) is 0 Å². The standard InChI is InChI=1S/C6H13N3O/c1-5(6(7)10)9-3-2-8-4-9/h5,8H,2-4H2,1H3,(H2,7,10). The van der Waals surface area contributed by atoms with Crippen molar-refractivity contribution in [3.63, 3.8) is 0 Å². The predicted molar refractivity (Wildman–Crippen MR) is 38.2 cm³/mol. The van der Waals surface area contributed by atoms with Gasteiger partial charge in [-0.2, -0.15) is 0 Å². The Labute approximate surface area is 60.4 Å². The highest BCUT2D eigenvalue weighted by Gasteiger charge is 2.20. The van der Waals surface area contributed by atoms with Crippen molar-refractivity contribution in [2.45, 2.75) is 13.0 Å². The Kier molecular flexibility index (Phi) is 2.24. The molecule has 1 rings (SSSR count). The monoisotopic (exact) mass is 143 g/mol. The van der Waals surface area contributed by atoms with E-state index in [4.69, 9.17) is 5.73 Å². The maximum absolute atomic E-state index is 10.6. The van der Waals surface area contributed by atoms with Gasteiger partial charge in [-0.15, -0.1) is 0 Å². The minimum Gasteiger partial charge on any atom is -0.368 e. The number of carbonyl (C=O) groups excluding carboxylic acids is 1. The van der Waals surface area contributed by atoms with E-state index in [-0.39, 0.29) is 11.9 Å². The fourth-order valence-electron chi connectivity index (χ4n) is 1.03. The molecule has 10 heavy (non-hydrogen) atoms. The molecular weight excluding hydrogens is 130 g/mol. The first-order valence-corrected chi connectivity index (χ1v) is 3.46. The summed E-state index contributed by atoms with van der Waals surface area (Å²) in [5, 5.41) is 3.13. The molecule has 0 radical (unpaired) electrons. The van der Waals surface area contributed by atoms with Gasteiger partial charge in [-0.1, -0.05) is 0 Å². The van der Waals surface area contributed by atoms with Crippen molar-refractivity contribution >= 4 is 5.91 Å². The van der Waals surface area contributed by atoms with E-state index in [1.165, 1.54) is 0 Å². The van der Waals surface area contributed by atoms with E-state index in [1.807, 2.05) is 11.8 Å². The Balaban J connectivity index is 2.39. The van der Waals surface area contributed by atoms with Crippen LogP contribution in [0.15, 0.2) is 0 Å². The average molecular weight is 143 g/mol. The highest BCUT2D eigenvalue weighted by atomic mass is 16.1. The molecule has 0 spiro atoms. The van der Waals surface area contributed by atoms with E-state index in [9.17, 15) is 4.79 Å². The van der Waals surface area contributed by atoms with Gasteiger partial charge in [-0.05, 0) is 6.92 Å². The smallest absolute Gasteiger partial charge is 0.234 e. The fourth-order valence-corrected chi connectivity index (χ4v) is 1.03. The first-order valence-electron chi connectivity index (χ1n) is 3.46. The summed E-state index contributed by atoms with van der Waals surface area (Å²) in [5.41, 5.74) is 5.11. The summed E-state index contributed by atoms with van der Waals surface area (Å²) < 4.78 is 0. The van der Waals surface area contributed by atoms with Crippen LogP contribution in [0.2, 0.25) is 0 Å². The molecule has 1 aliphatic heterocycles. The average Bonchev–Trinajstić information content (AvgIpc) is 2.36. The third-order valence-corrected chi connectivity index (χ3v) is 1.85. The number of nitrogens with zero attached hydrogens (tertiary/aromatic N) is 1. The Morgan fingerprint density at radius 1 is 1.80 bits per heavy atom. The van der Waals surface area contributed by atoms with Gasteiger partial charge in [0.1, 0.15) is 0 Å². The van der Waals surface area contributed by atoms with E-state index in [1.54, 1.807) is 0 Å². The van der Waals surface area contributed by atoms with Gasteiger partial charge in [-0.25, -0.2) is 0 Å². The highest BCUT2D eigenvalue weighted by Crippen LogP contribution is 1.99. The topological polar surface area (TPSA) is 58.4 Å². The van der Waals surface area contributed by atoms with Gasteiger partial charge in [-0.3, -0.25) is 9.69 Å². The first-order chi connectivity index (χ1) is 4.72. The normalized spacial score (nSPS) is 22.9. The van der Waals surface area contributed by atoms with Crippen LogP contribution in [0.1, 0.15) is 6.92 Å². The zero-order valence-corrected chi connectivity index (χ0v) is 6.13. The molecule has 1 saturated heterocycles. The van der Waals surface area contributed by atoms with Crippen molar-refractivity contribution in [2.24, 2.45) is 5.73 Å². The zero-order valence-electron chi connectivity index (χ0n) is 6.13. The van der Waals surface area contributed by atoms with Gasteiger partial charge in [0.05, 0.1) is 6.04 Å². The summed E-state index contributed by atoms with van der Waals surface area (Å²) in [5.74, 6) is -0.247. The second-order valence-corrected chi connectivity index (χ2v) is 2.55. The lowest BCUT2D eigenvalue weighted by Crippen LogP contribution is -2.41. The molecule has 1 aliphatic rings. The molecule has 0 aromatic carbocycles. The number of nitrogens with one attached hydrogen (secondary N) is 1. The minimum absolute atomic E-state index is 0.130. The summed E-state index contributed by atoms with van der Waals surface area (Å²) >= 11 is 0. The summed E-state index contributed by atoms with van der Waals surface area (Å²) in [6.07, 6.45) is 0. The third-order valence-electron chi connectivity index (χ3n) is 1.85. The maximum atomic E-state index is 10.6. The molecule has 1 heterocycles. The first kappa shape index (κ1) is 7.50. The molecule has 58 valence electrons. The molecule has 4 nitrogen and oxygen atoms in total. The van der Waals surface area contributed by atoms with Gasteiger partial charge < -0.3 is 11.1 Å². The van der Waals surface area contributed by atoms with Crippen molar-refractivity contribution in [1.29, 1.82) is 0 Å². The number of carbonyl (C=O) groups is 1. The summed E-state index contributed by atoms with van der Waals surface area (Å²) in [7, 11) is 0. The van der Waals surface area contributed by atoms with Crippen molar-refractivity contribution in [3.8, 4) is 0 Å². The Morgan fingerprint density at radius 2 is 2.50 bits per heavy atom. The van der Waals surface area contributed by atoms with Gasteiger partial charge >= 0.3 is 0 Å². The van der Waals surface area contributed by atoms with E-state index >= 15 is 0 Å². The molecule has 0 bridgehead atoms. The maximum Gasteiger partial charge on any atom is 0.234 e. The third kappa shape index (κ3) is 1.46. The minimum atomic E-state index is -0.247. The number of amides is 1. The van der Waals surface area contributed by atoms with Crippen LogP contribution < -0.4 is 11.1 Å². The molecule has 1 unspecified atom stereocenters. The van der Waals surface area contributed by atoms with Crippen LogP contribution in [0.25, 0.3) is 0 Å². The molecule has 0 aliphatic carbocycles. The molecule has 1 atom stereocenters. The van der Waals surface area contributed by atoms with Gasteiger partial charge in [0.2, 0.25) is 5.91 Å². The lowest BCUT2D eigenvalue weighted by molar-refractivity contribution is -0.122. The van der Waals surface area contributed by atoms with Gasteiger partial charge in [0.25, 0.3) is 0 Å². The van der Waals surface area contributed by atoms with Crippen molar-refractivity contribution in [2.75, 3.05) is 19.8 Å². The molecule has 1 fully saturated rings. The summed E-state index contributed by atoms with van der Waals surface area (Å²) in [6.45, 7) is 4.49. The van der Waals surface area contributed by atoms with Gasteiger partial charge in [0, 0.05) is 19.8 Å². The number of nitrogens with two attached hydrogens (primary N) is 1. The molecule has 4 heteroatoms. The van der Waals surface area contributed by atoms with E-state index < -0.39 is 0 Å². The largest absolute Gasteiger partial charge is 0.368 e. The molecule has 1 amide bonds. The second-order valence-electron chi connectivity index (χ2n) is 2.55. The Bertz CT molecular complexity index is 131. The fraction of sp³-hybridized carbons (Fsp3) is 0.833. The van der Waals surface area contributed by atoms with Crippen LogP contribution in [0.4, 0.5) is 0 Å². The predicted octanol–water partition coefficient (Wildman–Crippen LogP) is -1.28. The molecule has 0 aromatic heterocycles. The molecule has 3 N–H and O–H groups in total. The van der Waals surface area contributed by atoms with Crippen LogP contribution in [0.5, 0.6) is 0 Å². The van der Waals surface area contributed by atoms with Crippen LogP contribution >= 0.6 is 0 Å². The summed E-state index contributed by atoms with van der Waals surface area (Å²) in [6, 6.07) is -0.130. The van der Waals surface area contributed by atoms with Crippen molar-refractivity contribution in [1.82, 2.24) is 10.2 Å². The number of rotatable bonds is 2. The van der Waals surface area contributed by atoms with E-state index in [0.29, 0.717) is 0 Å². The molecular formula is C6H13N3O. The number of primary amides is 1. The summed E-state index contributed by atoms with van der Waals surface area (Å²) in [4.78, 5) is 12.7. The van der Waals surface area contributed by atoms with Crippen LogP contribution in [0.3, 0.4) is 0 Å². The number of hydrogen-bond donors (Lipinski definition) is 2. The Hall–Kier alpha value is -0.610.